The van der Waals surface area contributed by atoms with Crippen LogP contribution >= 0.6 is 11.6 Å². The number of aliphatic imine (C=N–C) groups is 1. The summed E-state index contributed by atoms with van der Waals surface area (Å²) in [5.41, 5.74) is 1.03. The van der Waals surface area contributed by atoms with Crippen LogP contribution in [0.1, 0.15) is 17.5 Å². The average Bonchev–Trinajstić information content (AvgIpc) is 2.50. The minimum Gasteiger partial charge on any atom is -0.748 e. The molecule has 0 aliphatic carbocycles. The Morgan fingerprint density at radius 2 is 1.84 bits per heavy atom. The molecule has 0 bridgehead atoms. The second-order valence-corrected chi connectivity index (χ2v) is 6.97. The number of benzene rings is 2. The van der Waals surface area contributed by atoms with E-state index in [9.17, 15) is 22.5 Å². The number of aromatic hydroxyl groups is 1. The number of phenolic OH excluding ortho intramolecular Hbond substituents is 1. The number of rotatable bonds is 6. The van der Waals surface area contributed by atoms with Gasteiger partial charge in [0.15, 0.2) is 0 Å². The molecule has 0 saturated carbocycles. The third-order valence-corrected chi connectivity index (χ3v) is 4.19. The molecule has 0 radical (unpaired) electrons. The fourth-order valence-corrected chi connectivity index (χ4v) is 2.68. The molecule has 0 atom stereocenters. The van der Waals surface area contributed by atoms with Gasteiger partial charge in [-0.25, -0.2) is 12.8 Å². The first-order chi connectivity index (χ1) is 11.3. The molecule has 9 heteroatoms. The van der Waals surface area contributed by atoms with Crippen LogP contribution in [0.15, 0.2) is 47.5 Å². The summed E-state index contributed by atoms with van der Waals surface area (Å²) in [6, 6.07) is 9.98. The minimum atomic E-state index is -4.32. The van der Waals surface area contributed by atoms with E-state index < -0.39 is 21.7 Å². The first-order valence-electron chi connectivity index (χ1n) is 6.99. The Hall–Kier alpha value is -0.960. The molecule has 0 amide bonds. The molecule has 0 saturated heterocycles. The van der Waals surface area contributed by atoms with E-state index >= 15 is 0 Å². The fourth-order valence-electron chi connectivity index (χ4n) is 2.07. The van der Waals surface area contributed by atoms with Gasteiger partial charge in [0.1, 0.15) is 11.6 Å². The van der Waals surface area contributed by atoms with Gasteiger partial charge in [-0.1, -0.05) is 23.7 Å². The monoisotopic (exact) mass is 393 g/mol. The first-order valence-corrected chi connectivity index (χ1v) is 8.94. The van der Waals surface area contributed by atoms with Gasteiger partial charge in [-0.05, 0) is 36.8 Å². The zero-order valence-corrected chi connectivity index (χ0v) is 17.0. The summed E-state index contributed by atoms with van der Waals surface area (Å²) in [4.78, 5) is 4.24. The van der Waals surface area contributed by atoms with Crippen molar-refractivity contribution in [3.63, 3.8) is 0 Å². The Bertz CT molecular complexity index is 857. The molecule has 0 aliphatic heterocycles. The van der Waals surface area contributed by atoms with Crippen LogP contribution in [0.4, 0.5) is 4.39 Å². The van der Waals surface area contributed by atoms with Crippen molar-refractivity contribution in [3.8, 4) is 5.75 Å². The molecule has 0 fully saturated rings. The smallest absolute Gasteiger partial charge is 0.748 e. The van der Waals surface area contributed by atoms with Gasteiger partial charge in [0.2, 0.25) is 0 Å². The summed E-state index contributed by atoms with van der Waals surface area (Å²) in [7, 11) is -4.32. The Morgan fingerprint density at radius 1 is 1.20 bits per heavy atom. The number of hydrogen-bond acceptors (Lipinski definition) is 5. The Labute approximate surface area is 172 Å². The maximum absolute atomic E-state index is 13.5. The zero-order valence-electron chi connectivity index (χ0n) is 13.4. The zero-order chi connectivity index (χ0) is 17.7. The summed E-state index contributed by atoms with van der Waals surface area (Å²) >= 11 is 5.85. The van der Waals surface area contributed by atoms with Crippen molar-refractivity contribution in [2.45, 2.75) is 6.42 Å². The molecule has 0 heterocycles. The van der Waals surface area contributed by atoms with E-state index in [0.29, 0.717) is 10.6 Å². The van der Waals surface area contributed by atoms with Gasteiger partial charge in [-0.3, -0.25) is 4.99 Å². The molecular weight excluding hydrogens is 380 g/mol. The van der Waals surface area contributed by atoms with E-state index in [2.05, 4.69) is 4.99 Å². The standard InChI is InChI=1S/C16H15ClFNO4S.Na/c17-12-4-2-11(3-5-12)16(19-8-1-9-24(21,22)23)14-10-13(18)6-7-15(14)20;/h2-7,10,20H,1,8-9H2,(H,21,22,23);/q;+1/p-1. The minimum absolute atomic E-state index is 0. The van der Waals surface area contributed by atoms with Crippen molar-refractivity contribution in [2.75, 3.05) is 12.3 Å². The second-order valence-electron chi connectivity index (χ2n) is 5.01. The van der Waals surface area contributed by atoms with Crippen LogP contribution in [0.2, 0.25) is 5.02 Å². The third kappa shape index (κ3) is 7.05. The van der Waals surface area contributed by atoms with Gasteiger partial charge < -0.3 is 9.66 Å². The summed E-state index contributed by atoms with van der Waals surface area (Å²) in [6.45, 7) is 0.0371. The molecule has 2 aromatic carbocycles. The topological polar surface area (TPSA) is 89.8 Å². The molecule has 0 aliphatic rings. The molecule has 0 aromatic heterocycles. The maximum Gasteiger partial charge on any atom is 1.00 e. The molecule has 1 N–H and O–H groups in total. The molecule has 5 nitrogen and oxygen atoms in total. The quantitative estimate of drug-likeness (QED) is 0.323. The van der Waals surface area contributed by atoms with Crippen LogP contribution in [0.25, 0.3) is 0 Å². The largest absolute Gasteiger partial charge is 1.00 e. The first kappa shape index (κ1) is 22.1. The predicted octanol–water partition coefficient (Wildman–Crippen LogP) is -0.0386. The van der Waals surface area contributed by atoms with Crippen molar-refractivity contribution in [2.24, 2.45) is 4.99 Å². The fraction of sp³-hybridized carbons (Fsp3) is 0.188. The van der Waals surface area contributed by atoms with Crippen LogP contribution in [-0.4, -0.2) is 36.1 Å². The Morgan fingerprint density at radius 3 is 2.44 bits per heavy atom. The van der Waals surface area contributed by atoms with E-state index in [0.717, 1.165) is 12.1 Å². The van der Waals surface area contributed by atoms with Gasteiger partial charge in [0.05, 0.1) is 15.8 Å². The second kappa shape index (κ2) is 9.66. The van der Waals surface area contributed by atoms with E-state index in [1.165, 1.54) is 6.07 Å². The van der Waals surface area contributed by atoms with Crippen molar-refractivity contribution in [1.29, 1.82) is 0 Å². The van der Waals surface area contributed by atoms with E-state index in [-0.39, 0.29) is 59.5 Å². The van der Waals surface area contributed by atoms with Crippen molar-refractivity contribution >= 4 is 27.4 Å². The Kier molecular flexibility index (Phi) is 8.53. The van der Waals surface area contributed by atoms with Gasteiger partial charge in [-0.15, -0.1) is 0 Å². The molecule has 0 unspecified atom stereocenters. The van der Waals surface area contributed by atoms with Crippen molar-refractivity contribution in [3.05, 3.63) is 64.4 Å². The van der Waals surface area contributed by atoms with Gasteiger partial charge in [0, 0.05) is 28.4 Å². The summed E-state index contributed by atoms with van der Waals surface area (Å²) in [5.74, 6) is -1.26. The summed E-state index contributed by atoms with van der Waals surface area (Å²) in [5, 5.41) is 10.5. The number of nitrogens with zero attached hydrogens (tertiary/aromatic N) is 1. The molecular formula is C16H14ClFNNaO4S. The average molecular weight is 394 g/mol. The summed E-state index contributed by atoms with van der Waals surface area (Å²) in [6.07, 6.45) is 0.0268. The third-order valence-electron chi connectivity index (χ3n) is 3.15. The molecule has 128 valence electrons. The molecule has 25 heavy (non-hydrogen) atoms. The normalized spacial score (nSPS) is 11.9. The molecule has 2 rings (SSSR count). The van der Waals surface area contributed by atoms with Crippen LogP contribution in [-0.2, 0) is 10.1 Å². The van der Waals surface area contributed by atoms with E-state index in [4.69, 9.17) is 11.6 Å². The van der Waals surface area contributed by atoms with E-state index in [1.807, 2.05) is 0 Å². The van der Waals surface area contributed by atoms with E-state index in [1.54, 1.807) is 24.3 Å². The Balaban J connectivity index is 0.00000312. The van der Waals surface area contributed by atoms with Gasteiger partial charge >= 0.3 is 29.6 Å². The van der Waals surface area contributed by atoms with Crippen LogP contribution < -0.4 is 29.6 Å². The molecule has 0 spiro atoms. The number of hydrogen-bond donors (Lipinski definition) is 1. The van der Waals surface area contributed by atoms with Crippen molar-refractivity contribution < 1.29 is 52.0 Å². The van der Waals surface area contributed by atoms with Crippen molar-refractivity contribution in [1.82, 2.24) is 0 Å². The maximum atomic E-state index is 13.5. The SMILES string of the molecule is O=S(=O)([O-])CCCN=C(c1ccc(Cl)cc1)c1cc(F)ccc1O.[Na+]. The van der Waals surface area contributed by atoms with Crippen LogP contribution in [0.5, 0.6) is 5.75 Å². The van der Waals surface area contributed by atoms with Gasteiger partial charge in [0.25, 0.3) is 0 Å². The van der Waals surface area contributed by atoms with Crippen LogP contribution in [0.3, 0.4) is 0 Å². The number of phenols is 1. The number of halogens is 2. The summed E-state index contributed by atoms with van der Waals surface area (Å²) < 4.78 is 45.5. The van der Waals surface area contributed by atoms with Gasteiger partial charge in [-0.2, -0.15) is 0 Å². The predicted molar refractivity (Wildman–Crippen MR) is 89.2 cm³/mol. The molecule has 2 aromatic rings. The van der Waals surface area contributed by atoms with Crippen LogP contribution in [0, 0.1) is 5.82 Å².